The molecule has 0 bridgehead atoms. The average Bonchev–Trinajstić information content (AvgIpc) is 2.34. The molecule has 0 fully saturated rings. The van der Waals surface area contributed by atoms with E-state index >= 15 is 0 Å². The summed E-state index contributed by atoms with van der Waals surface area (Å²) in [5.74, 6) is -1.03. The first-order valence-corrected chi connectivity index (χ1v) is 3.20. The second-order valence-electron chi connectivity index (χ2n) is 2.16. The van der Waals surface area contributed by atoms with Gasteiger partial charge in [-0.1, -0.05) is 0 Å². The van der Waals surface area contributed by atoms with Gasteiger partial charge >= 0.3 is 6.18 Å². The molecule has 68 valence electrons. The number of alkyl halides is 3. The molecule has 0 aromatic carbocycles. The van der Waals surface area contributed by atoms with Gasteiger partial charge in [0.2, 0.25) is 5.76 Å². The molecule has 1 N–H and O–H groups in total. The highest BCUT2D eigenvalue weighted by Crippen LogP contribution is 2.31. The molecule has 0 saturated heterocycles. The van der Waals surface area contributed by atoms with Crippen LogP contribution in [0.4, 0.5) is 13.2 Å². The first kappa shape index (κ1) is 9.05. The van der Waals surface area contributed by atoms with E-state index in [0.29, 0.717) is 0 Å². The highest BCUT2D eigenvalue weighted by atomic mass is 19.4. The zero-order valence-electron chi connectivity index (χ0n) is 6.27. The molecule has 0 unspecified atom stereocenters. The minimum atomic E-state index is -4.46. The van der Waals surface area contributed by atoms with Gasteiger partial charge in [-0.15, -0.1) is 0 Å². The van der Waals surface area contributed by atoms with Gasteiger partial charge in [0.15, 0.2) is 6.39 Å². The average molecular weight is 180 g/mol. The largest absolute Gasteiger partial charge is 0.451 e. The summed E-state index contributed by atoms with van der Waals surface area (Å²) in [5, 5.41) is 2.56. The van der Waals surface area contributed by atoms with E-state index in [2.05, 4.69) is 14.7 Å². The van der Waals surface area contributed by atoms with Crippen molar-refractivity contribution in [3.05, 3.63) is 17.8 Å². The zero-order valence-corrected chi connectivity index (χ0v) is 6.27. The van der Waals surface area contributed by atoms with Crippen LogP contribution in [0.15, 0.2) is 10.8 Å². The summed E-state index contributed by atoms with van der Waals surface area (Å²) >= 11 is 0. The molecule has 0 atom stereocenters. The Hall–Kier alpha value is -1.04. The smallest absolute Gasteiger partial charge is 0.439 e. The third-order valence-electron chi connectivity index (χ3n) is 1.24. The van der Waals surface area contributed by atoms with E-state index in [1.807, 2.05) is 0 Å². The van der Waals surface area contributed by atoms with Gasteiger partial charge in [0.05, 0.1) is 0 Å². The van der Waals surface area contributed by atoms with Gasteiger partial charge in [-0.05, 0) is 7.05 Å². The molecule has 12 heavy (non-hydrogen) atoms. The quantitative estimate of drug-likeness (QED) is 0.747. The lowest BCUT2D eigenvalue weighted by atomic mass is 10.3. The molecular formula is C6H7F3N2O. The second-order valence-corrected chi connectivity index (χ2v) is 2.16. The Morgan fingerprint density at radius 1 is 1.58 bits per heavy atom. The monoisotopic (exact) mass is 180 g/mol. The highest BCUT2D eigenvalue weighted by molar-refractivity contribution is 5.10. The van der Waals surface area contributed by atoms with E-state index in [-0.39, 0.29) is 12.2 Å². The molecule has 0 amide bonds. The lowest BCUT2D eigenvalue weighted by Gasteiger charge is -2.03. The fraction of sp³-hybridized carbons (Fsp3) is 0.500. The van der Waals surface area contributed by atoms with Crippen LogP contribution in [0.3, 0.4) is 0 Å². The van der Waals surface area contributed by atoms with Crippen molar-refractivity contribution < 1.29 is 17.6 Å². The summed E-state index contributed by atoms with van der Waals surface area (Å²) in [5.41, 5.74) is -0.120. The Kier molecular flexibility index (Phi) is 2.37. The van der Waals surface area contributed by atoms with Crippen LogP contribution in [0.5, 0.6) is 0 Å². The molecule has 6 heteroatoms. The Morgan fingerprint density at radius 3 is 2.75 bits per heavy atom. The van der Waals surface area contributed by atoms with Gasteiger partial charge < -0.3 is 9.73 Å². The molecule has 0 aliphatic carbocycles. The molecule has 0 saturated carbocycles. The maximum atomic E-state index is 12.0. The van der Waals surface area contributed by atoms with E-state index in [9.17, 15) is 13.2 Å². The van der Waals surface area contributed by atoms with Crippen LogP contribution in [0.1, 0.15) is 11.5 Å². The number of nitrogens with zero attached hydrogens (tertiary/aromatic N) is 1. The second kappa shape index (κ2) is 3.14. The van der Waals surface area contributed by atoms with Gasteiger partial charge in [-0.3, -0.25) is 0 Å². The van der Waals surface area contributed by atoms with Crippen LogP contribution in [0.25, 0.3) is 0 Å². The van der Waals surface area contributed by atoms with Crippen molar-refractivity contribution in [2.75, 3.05) is 7.05 Å². The lowest BCUT2D eigenvalue weighted by molar-refractivity contribution is -0.153. The van der Waals surface area contributed by atoms with Crippen molar-refractivity contribution >= 4 is 0 Å². The first-order valence-electron chi connectivity index (χ1n) is 3.20. The first-order chi connectivity index (χ1) is 5.55. The highest BCUT2D eigenvalue weighted by Gasteiger charge is 2.37. The van der Waals surface area contributed by atoms with Crippen molar-refractivity contribution in [3.63, 3.8) is 0 Å². The summed E-state index contributed by atoms with van der Waals surface area (Å²) in [6, 6.07) is 0. The molecule has 0 radical (unpaired) electrons. The SMILES string of the molecule is CNCc1ncoc1C(F)(F)F. The Labute approximate surface area is 66.6 Å². The third kappa shape index (κ3) is 1.76. The maximum Gasteiger partial charge on any atom is 0.451 e. The number of nitrogens with one attached hydrogen (secondary N) is 1. The van der Waals surface area contributed by atoms with Crippen molar-refractivity contribution in [2.24, 2.45) is 0 Å². The third-order valence-corrected chi connectivity index (χ3v) is 1.24. The fourth-order valence-corrected chi connectivity index (χ4v) is 0.793. The number of rotatable bonds is 2. The minimum absolute atomic E-state index is 0.0470. The fourth-order valence-electron chi connectivity index (χ4n) is 0.793. The van der Waals surface area contributed by atoms with Gasteiger partial charge in [0.25, 0.3) is 0 Å². The van der Waals surface area contributed by atoms with Gasteiger partial charge in [0, 0.05) is 6.54 Å². The standard InChI is InChI=1S/C6H7F3N2O/c1-10-2-4-5(6(7,8)9)12-3-11-4/h3,10H,2H2,1H3. The predicted octanol–water partition coefficient (Wildman–Crippen LogP) is 1.41. The molecule has 1 aromatic rings. The lowest BCUT2D eigenvalue weighted by Crippen LogP contribution is -2.12. The van der Waals surface area contributed by atoms with Gasteiger partial charge in [-0.25, -0.2) is 4.98 Å². The van der Waals surface area contributed by atoms with Crippen molar-refractivity contribution in [1.82, 2.24) is 10.3 Å². The van der Waals surface area contributed by atoms with Crippen molar-refractivity contribution in [3.8, 4) is 0 Å². The van der Waals surface area contributed by atoms with Crippen LogP contribution in [-0.2, 0) is 12.7 Å². The summed E-state index contributed by atoms with van der Waals surface area (Å²) in [7, 11) is 1.54. The predicted molar refractivity (Wildman–Crippen MR) is 34.3 cm³/mol. The molecule has 1 aromatic heterocycles. The maximum absolute atomic E-state index is 12.0. The van der Waals surface area contributed by atoms with Gasteiger partial charge in [0.1, 0.15) is 5.69 Å². The van der Waals surface area contributed by atoms with Crippen molar-refractivity contribution in [1.29, 1.82) is 0 Å². The van der Waals surface area contributed by atoms with E-state index in [4.69, 9.17) is 0 Å². The van der Waals surface area contributed by atoms with E-state index in [1.165, 1.54) is 7.05 Å². The minimum Gasteiger partial charge on any atom is -0.439 e. The Balaban J connectivity index is 2.91. The van der Waals surface area contributed by atoms with Crippen LogP contribution in [0.2, 0.25) is 0 Å². The summed E-state index contributed by atoms with van der Waals surface area (Å²) in [4.78, 5) is 3.42. The molecule has 3 nitrogen and oxygen atoms in total. The number of hydrogen-bond donors (Lipinski definition) is 1. The van der Waals surface area contributed by atoms with Crippen LogP contribution >= 0.6 is 0 Å². The summed E-state index contributed by atoms with van der Waals surface area (Å²) in [6.45, 7) is 0.0470. The number of halogens is 3. The summed E-state index contributed by atoms with van der Waals surface area (Å²) in [6.07, 6.45) is -3.67. The molecular weight excluding hydrogens is 173 g/mol. The van der Waals surface area contributed by atoms with Gasteiger partial charge in [-0.2, -0.15) is 13.2 Å². The number of oxazole rings is 1. The Morgan fingerprint density at radius 2 is 2.25 bits per heavy atom. The van der Waals surface area contributed by atoms with Crippen molar-refractivity contribution in [2.45, 2.75) is 12.7 Å². The molecule has 1 rings (SSSR count). The topological polar surface area (TPSA) is 38.1 Å². The number of aromatic nitrogens is 1. The van der Waals surface area contributed by atoms with Crippen LogP contribution in [0, 0.1) is 0 Å². The number of hydrogen-bond acceptors (Lipinski definition) is 3. The van der Waals surface area contributed by atoms with Crippen LogP contribution in [-0.4, -0.2) is 12.0 Å². The van der Waals surface area contributed by atoms with E-state index in [0.717, 1.165) is 6.39 Å². The normalized spacial score (nSPS) is 12.0. The molecule has 1 heterocycles. The van der Waals surface area contributed by atoms with E-state index < -0.39 is 11.9 Å². The Bertz CT molecular complexity index is 256. The molecule has 0 aliphatic heterocycles. The van der Waals surface area contributed by atoms with Crippen LogP contribution < -0.4 is 5.32 Å². The molecule has 0 aliphatic rings. The summed E-state index contributed by atoms with van der Waals surface area (Å²) < 4.78 is 40.3. The molecule has 0 spiro atoms. The zero-order chi connectivity index (χ0) is 9.19. The van der Waals surface area contributed by atoms with E-state index in [1.54, 1.807) is 0 Å².